The molecule has 2 heterocycles. The Bertz CT molecular complexity index is 726. The Morgan fingerprint density at radius 1 is 1.27 bits per heavy atom. The van der Waals surface area contributed by atoms with Crippen molar-refractivity contribution in [1.29, 1.82) is 0 Å². The van der Waals surface area contributed by atoms with Gasteiger partial charge in [0.2, 0.25) is 5.95 Å². The van der Waals surface area contributed by atoms with Crippen molar-refractivity contribution in [2.24, 2.45) is 5.73 Å². The number of aromatic nitrogens is 2. The minimum atomic E-state index is 0. The molecule has 1 fully saturated rings. The van der Waals surface area contributed by atoms with E-state index in [0.29, 0.717) is 5.95 Å². The second kappa shape index (κ2) is 10.2. The van der Waals surface area contributed by atoms with Gasteiger partial charge >= 0.3 is 0 Å². The van der Waals surface area contributed by atoms with Crippen LogP contribution in [-0.4, -0.2) is 29.1 Å². The molecular formula is C18H26Cl3N5. The van der Waals surface area contributed by atoms with E-state index in [1.807, 2.05) is 25.1 Å². The lowest BCUT2D eigenvalue weighted by Gasteiger charge is -2.19. The molecular weight excluding hydrogens is 393 g/mol. The van der Waals surface area contributed by atoms with Gasteiger partial charge in [0, 0.05) is 41.6 Å². The van der Waals surface area contributed by atoms with Gasteiger partial charge in [-0.25, -0.2) is 4.98 Å². The van der Waals surface area contributed by atoms with E-state index in [0.717, 1.165) is 60.1 Å². The molecule has 1 saturated heterocycles. The zero-order valence-electron chi connectivity index (χ0n) is 15.0. The van der Waals surface area contributed by atoms with Crippen LogP contribution in [0.3, 0.4) is 0 Å². The van der Waals surface area contributed by atoms with Crippen LogP contribution in [-0.2, 0) is 6.42 Å². The second-order valence-electron chi connectivity index (χ2n) is 6.37. The third-order valence-corrected chi connectivity index (χ3v) is 4.66. The Balaban J connectivity index is 0.00000169. The molecule has 0 aliphatic carbocycles. The molecule has 0 spiro atoms. The number of aryl methyl sites for hydroxylation is 2. The predicted molar refractivity (Wildman–Crippen MR) is 115 cm³/mol. The molecule has 1 aromatic heterocycles. The van der Waals surface area contributed by atoms with E-state index in [9.17, 15) is 0 Å². The highest BCUT2D eigenvalue weighted by molar-refractivity contribution is 6.31. The van der Waals surface area contributed by atoms with Gasteiger partial charge in [-0.05, 0) is 37.5 Å². The lowest BCUT2D eigenvalue weighted by atomic mass is 10.2. The van der Waals surface area contributed by atoms with Gasteiger partial charge in [-0.15, -0.1) is 24.8 Å². The first-order valence-corrected chi connectivity index (χ1v) is 8.84. The van der Waals surface area contributed by atoms with Crippen LogP contribution in [0.4, 0.5) is 17.5 Å². The first-order valence-electron chi connectivity index (χ1n) is 8.47. The van der Waals surface area contributed by atoms with E-state index >= 15 is 0 Å². The quantitative estimate of drug-likeness (QED) is 0.747. The summed E-state index contributed by atoms with van der Waals surface area (Å²) in [6, 6.07) is 8.18. The molecule has 1 aliphatic heterocycles. The summed E-state index contributed by atoms with van der Waals surface area (Å²) >= 11 is 6.21. The van der Waals surface area contributed by atoms with Gasteiger partial charge in [0.05, 0.1) is 0 Å². The average molecular weight is 419 g/mol. The molecule has 8 heteroatoms. The van der Waals surface area contributed by atoms with Crippen LogP contribution in [0.15, 0.2) is 24.3 Å². The maximum absolute atomic E-state index is 6.21. The normalized spacial score (nSPS) is 16.0. The lowest BCUT2D eigenvalue weighted by Crippen LogP contribution is -2.27. The fourth-order valence-corrected chi connectivity index (χ4v) is 3.06. The highest BCUT2D eigenvalue weighted by Gasteiger charge is 2.21. The van der Waals surface area contributed by atoms with Crippen molar-refractivity contribution in [3.63, 3.8) is 0 Å². The van der Waals surface area contributed by atoms with Crippen molar-refractivity contribution in [3.05, 3.63) is 40.5 Å². The van der Waals surface area contributed by atoms with Gasteiger partial charge < -0.3 is 16.0 Å². The summed E-state index contributed by atoms with van der Waals surface area (Å²) in [5.74, 6) is 1.55. The Morgan fingerprint density at radius 2 is 2.04 bits per heavy atom. The Hall–Kier alpha value is -1.27. The molecule has 3 rings (SSSR count). The maximum atomic E-state index is 6.21. The lowest BCUT2D eigenvalue weighted by molar-refractivity contribution is 0.751. The molecule has 3 N–H and O–H groups in total. The smallest absolute Gasteiger partial charge is 0.229 e. The monoisotopic (exact) mass is 417 g/mol. The summed E-state index contributed by atoms with van der Waals surface area (Å²) in [7, 11) is 0. The SMILES string of the molecule is CCCc1cc(N2CCC(N)C2)nc(Nc2ccc(C)c(Cl)c2)n1.Cl.Cl. The molecule has 26 heavy (non-hydrogen) atoms. The number of nitrogens with zero attached hydrogens (tertiary/aromatic N) is 3. The summed E-state index contributed by atoms with van der Waals surface area (Å²) in [6.07, 6.45) is 2.98. The van der Waals surface area contributed by atoms with Crippen molar-refractivity contribution in [3.8, 4) is 0 Å². The van der Waals surface area contributed by atoms with Gasteiger partial charge in [-0.1, -0.05) is 31.0 Å². The third-order valence-electron chi connectivity index (χ3n) is 4.25. The molecule has 2 aromatic rings. The summed E-state index contributed by atoms with van der Waals surface area (Å²) in [5.41, 5.74) is 9.02. The molecule has 0 radical (unpaired) electrons. The van der Waals surface area contributed by atoms with Crippen LogP contribution in [0.1, 0.15) is 31.0 Å². The fourth-order valence-electron chi connectivity index (χ4n) is 2.88. The number of anilines is 3. The molecule has 0 amide bonds. The molecule has 0 bridgehead atoms. The minimum absolute atomic E-state index is 0. The van der Waals surface area contributed by atoms with E-state index in [1.165, 1.54) is 0 Å². The molecule has 1 unspecified atom stereocenters. The first kappa shape index (κ1) is 22.8. The molecule has 0 saturated carbocycles. The Morgan fingerprint density at radius 3 is 2.65 bits per heavy atom. The van der Waals surface area contributed by atoms with Crippen LogP contribution in [0.2, 0.25) is 5.02 Å². The van der Waals surface area contributed by atoms with Crippen molar-refractivity contribution in [2.75, 3.05) is 23.3 Å². The number of benzene rings is 1. The standard InChI is InChI=1S/C18H24ClN5.2ClH/c1-3-4-14-10-17(24-8-7-13(20)11-24)23-18(21-14)22-15-6-5-12(2)16(19)9-15;;/h5-6,9-10,13H,3-4,7-8,11,20H2,1-2H3,(H,21,22,23);2*1H. The van der Waals surface area contributed by atoms with Gasteiger partial charge in [0.15, 0.2) is 0 Å². The van der Waals surface area contributed by atoms with Gasteiger partial charge in [-0.2, -0.15) is 4.98 Å². The highest BCUT2D eigenvalue weighted by Crippen LogP contribution is 2.25. The zero-order chi connectivity index (χ0) is 17.1. The third kappa shape index (κ3) is 5.61. The summed E-state index contributed by atoms with van der Waals surface area (Å²) in [4.78, 5) is 11.6. The van der Waals surface area contributed by atoms with Crippen LogP contribution in [0.25, 0.3) is 0 Å². The highest BCUT2D eigenvalue weighted by atomic mass is 35.5. The molecule has 1 atom stereocenters. The molecule has 1 aromatic carbocycles. The van der Waals surface area contributed by atoms with E-state index in [-0.39, 0.29) is 30.9 Å². The summed E-state index contributed by atoms with van der Waals surface area (Å²) in [5, 5.41) is 4.01. The van der Waals surface area contributed by atoms with Crippen LogP contribution in [0, 0.1) is 6.92 Å². The van der Waals surface area contributed by atoms with Gasteiger partial charge in [-0.3, -0.25) is 0 Å². The number of hydrogen-bond donors (Lipinski definition) is 2. The number of nitrogens with two attached hydrogens (primary N) is 1. The van der Waals surface area contributed by atoms with E-state index < -0.39 is 0 Å². The van der Waals surface area contributed by atoms with Crippen molar-refractivity contribution < 1.29 is 0 Å². The van der Waals surface area contributed by atoms with Crippen LogP contribution in [0.5, 0.6) is 0 Å². The van der Waals surface area contributed by atoms with E-state index in [2.05, 4.69) is 33.2 Å². The number of halogens is 3. The van der Waals surface area contributed by atoms with Gasteiger partial charge in [0.25, 0.3) is 0 Å². The minimum Gasteiger partial charge on any atom is -0.355 e. The topological polar surface area (TPSA) is 67.1 Å². The van der Waals surface area contributed by atoms with Crippen molar-refractivity contribution >= 4 is 53.9 Å². The average Bonchev–Trinajstić information content (AvgIpc) is 2.98. The zero-order valence-corrected chi connectivity index (χ0v) is 17.4. The number of hydrogen-bond acceptors (Lipinski definition) is 5. The largest absolute Gasteiger partial charge is 0.355 e. The molecule has 1 aliphatic rings. The Labute approximate surface area is 172 Å². The predicted octanol–water partition coefficient (Wildman–Crippen LogP) is 4.52. The van der Waals surface area contributed by atoms with E-state index in [4.69, 9.17) is 17.3 Å². The second-order valence-corrected chi connectivity index (χ2v) is 6.78. The number of nitrogens with one attached hydrogen (secondary N) is 1. The summed E-state index contributed by atoms with van der Waals surface area (Å²) < 4.78 is 0. The molecule has 144 valence electrons. The maximum Gasteiger partial charge on any atom is 0.229 e. The fraction of sp³-hybridized carbons (Fsp3) is 0.444. The molecule has 5 nitrogen and oxygen atoms in total. The Kier molecular flexibility index (Phi) is 8.90. The van der Waals surface area contributed by atoms with Crippen molar-refractivity contribution in [2.45, 2.75) is 39.2 Å². The van der Waals surface area contributed by atoms with Crippen LogP contribution >= 0.6 is 36.4 Å². The number of rotatable bonds is 5. The van der Waals surface area contributed by atoms with Gasteiger partial charge in [0.1, 0.15) is 5.82 Å². The van der Waals surface area contributed by atoms with Crippen LogP contribution < -0.4 is 16.0 Å². The van der Waals surface area contributed by atoms with E-state index in [1.54, 1.807) is 0 Å². The summed E-state index contributed by atoms with van der Waals surface area (Å²) in [6.45, 7) is 5.93. The first-order chi connectivity index (χ1) is 11.5. The van der Waals surface area contributed by atoms with Crippen molar-refractivity contribution in [1.82, 2.24) is 9.97 Å².